The van der Waals surface area contributed by atoms with Gasteiger partial charge in [-0.05, 0) is 31.4 Å². The second-order valence-electron chi connectivity index (χ2n) is 12.6. The first-order valence-electron chi connectivity index (χ1n) is 14.7. The number of unbranched alkanes of at least 4 members (excludes halogenated alkanes) is 1. The molecule has 3 aliphatic heterocycles. The number of ether oxygens (including phenoxy) is 5. The van der Waals surface area contributed by atoms with Crippen LogP contribution in [0.25, 0.3) is 0 Å². The van der Waals surface area contributed by atoms with Gasteiger partial charge < -0.3 is 39.0 Å². The molecule has 228 valence electrons. The number of aliphatic hydroxyl groups is 3. The van der Waals surface area contributed by atoms with Crippen LogP contribution in [0, 0.1) is 17.8 Å². The highest BCUT2D eigenvalue weighted by molar-refractivity contribution is 6.05. The molecule has 0 amide bonds. The summed E-state index contributed by atoms with van der Waals surface area (Å²) in [6.45, 7) is 12.1. The molecule has 12 atom stereocenters. The zero-order chi connectivity index (χ0) is 30.5. The molecular formula is C32H40O10. The number of carbonyl (C=O) groups is 2. The number of aliphatic hydroxyl groups excluding tert-OH is 2. The summed E-state index contributed by atoms with van der Waals surface area (Å²) in [4.78, 5) is 26.2. The Kier molecular flexibility index (Phi) is 6.72. The van der Waals surface area contributed by atoms with Gasteiger partial charge in [-0.25, -0.2) is 0 Å². The summed E-state index contributed by atoms with van der Waals surface area (Å²) in [5.41, 5.74) is -6.19. The quantitative estimate of drug-likeness (QED) is 0.168. The summed E-state index contributed by atoms with van der Waals surface area (Å²) in [6, 6.07) is 0. The van der Waals surface area contributed by atoms with Gasteiger partial charge in [-0.3, -0.25) is 9.59 Å². The van der Waals surface area contributed by atoms with E-state index in [9.17, 15) is 24.9 Å². The number of hydrogen-bond donors (Lipinski definition) is 3. The summed E-state index contributed by atoms with van der Waals surface area (Å²) in [6.07, 6.45) is 10.0. The third-order valence-corrected chi connectivity index (χ3v) is 10.3. The van der Waals surface area contributed by atoms with Crippen molar-refractivity contribution in [3.8, 4) is 0 Å². The molecule has 3 aliphatic carbocycles. The minimum absolute atomic E-state index is 0.240. The van der Waals surface area contributed by atoms with Crippen molar-refractivity contribution in [2.75, 3.05) is 6.61 Å². The molecule has 3 bridgehead atoms. The Morgan fingerprint density at radius 3 is 2.50 bits per heavy atom. The van der Waals surface area contributed by atoms with Crippen molar-refractivity contribution in [1.29, 1.82) is 0 Å². The molecule has 0 unspecified atom stereocenters. The van der Waals surface area contributed by atoms with Gasteiger partial charge in [-0.1, -0.05) is 63.3 Å². The van der Waals surface area contributed by atoms with Crippen LogP contribution in [0.5, 0.6) is 0 Å². The lowest BCUT2D eigenvalue weighted by Gasteiger charge is -2.61. The molecular weight excluding hydrogens is 544 g/mol. The van der Waals surface area contributed by atoms with Crippen LogP contribution in [0.15, 0.2) is 60.3 Å². The number of Topliss-reactive ketones (excluding diaryl/α,β-unsaturated/α-hetero) is 1. The zero-order valence-corrected chi connectivity index (χ0v) is 24.6. The Morgan fingerprint density at radius 1 is 1.14 bits per heavy atom. The minimum Gasteiger partial charge on any atom is -0.459 e. The molecule has 0 aromatic rings. The van der Waals surface area contributed by atoms with E-state index >= 15 is 0 Å². The number of rotatable bonds is 8. The summed E-state index contributed by atoms with van der Waals surface area (Å²) in [5, 5.41) is 34.4. The number of carbonyl (C=O) groups excluding carboxylic acids is 2. The van der Waals surface area contributed by atoms with Crippen molar-refractivity contribution in [3.63, 3.8) is 0 Å². The van der Waals surface area contributed by atoms with Crippen LogP contribution in [0.2, 0.25) is 0 Å². The van der Waals surface area contributed by atoms with Crippen molar-refractivity contribution in [2.45, 2.75) is 100 Å². The molecule has 0 spiro atoms. The van der Waals surface area contributed by atoms with Crippen LogP contribution >= 0.6 is 0 Å². The highest BCUT2D eigenvalue weighted by atomic mass is 16.9. The standard InChI is InChI=1S/C32H40O10/c1-7-8-9-10-11-12-13-14-29-40-26-22-25-28(16-33,39-25)27(36)30(37)21(15-18(4)23(30)35)32(22,42-29)19(5)24(38-20(6)34)31(26,41-29)17(2)3/h9-15,19,21-22,24-27,33,36-37H,2,7-8,16H2,1,3-6H3/b10-9-,12-11+,14-13+/t19-,21-,22+,24-,25+,26-,27-,28+,29-,30-,31-,32+/m1/s1. The molecule has 2 saturated carbocycles. The van der Waals surface area contributed by atoms with Gasteiger partial charge in [0.1, 0.15) is 30.0 Å². The molecule has 0 aromatic heterocycles. The first-order valence-corrected chi connectivity index (χ1v) is 14.7. The van der Waals surface area contributed by atoms with Crippen molar-refractivity contribution < 1.29 is 48.6 Å². The lowest BCUT2D eigenvalue weighted by Crippen LogP contribution is -2.76. The van der Waals surface area contributed by atoms with Crippen LogP contribution in [-0.4, -0.2) is 86.5 Å². The first-order chi connectivity index (χ1) is 19.8. The van der Waals surface area contributed by atoms with E-state index in [1.165, 1.54) is 6.92 Å². The van der Waals surface area contributed by atoms with E-state index in [0.717, 1.165) is 12.8 Å². The maximum Gasteiger partial charge on any atom is 0.307 e. The van der Waals surface area contributed by atoms with Gasteiger partial charge >= 0.3 is 11.9 Å². The number of epoxide rings is 1. The fourth-order valence-electron chi connectivity index (χ4n) is 8.45. The minimum atomic E-state index is -2.39. The molecule has 6 aliphatic rings. The summed E-state index contributed by atoms with van der Waals surface area (Å²) in [5.74, 6) is -5.65. The molecule has 0 radical (unpaired) electrons. The van der Waals surface area contributed by atoms with E-state index in [4.69, 9.17) is 23.7 Å². The fourth-order valence-corrected chi connectivity index (χ4v) is 8.45. The second-order valence-corrected chi connectivity index (χ2v) is 12.6. The van der Waals surface area contributed by atoms with Gasteiger partial charge in [-0.15, -0.1) is 0 Å². The fraction of sp³-hybridized carbons (Fsp3) is 0.625. The predicted molar refractivity (Wildman–Crippen MR) is 148 cm³/mol. The topological polar surface area (TPSA) is 144 Å². The smallest absolute Gasteiger partial charge is 0.307 e. The zero-order valence-electron chi connectivity index (χ0n) is 24.6. The lowest BCUT2D eigenvalue weighted by atomic mass is 9.53. The normalized spacial score (nSPS) is 50.1. The highest BCUT2D eigenvalue weighted by Gasteiger charge is 2.90. The summed E-state index contributed by atoms with van der Waals surface area (Å²) < 4.78 is 32.3. The number of ketones is 1. The average molecular weight is 585 g/mol. The van der Waals surface area contributed by atoms with E-state index in [-0.39, 0.29) is 5.57 Å². The van der Waals surface area contributed by atoms with Crippen molar-refractivity contribution in [2.24, 2.45) is 17.8 Å². The largest absolute Gasteiger partial charge is 0.459 e. The number of esters is 1. The van der Waals surface area contributed by atoms with Crippen molar-refractivity contribution in [1.82, 2.24) is 0 Å². The average Bonchev–Trinajstić information content (AvgIpc) is 3.57. The molecule has 3 saturated heterocycles. The maximum absolute atomic E-state index is 13.6. The summed E-state index contributed by atoms with van der Waals surface area (Å²) in [7, 11) is 0. The highest BCUT2D eigenvalue weighted by Crippen LogP contribution is 2.73. The van der Waals surface area contributed by atoms with Crippen LogP contribution in [0.4, 0.5) is 0 Å². The van der Waals surface area contributed by atoms with Crippen molar-refractivity contribution >= 4 is 11.8 Å². The molecule has 3 N–H and O–H groups in total. The lowest BCUT2D eigenvalue weighted by molar-refractivity contribution is -0.407. The summed E-state index contributed by atoms with van der Waals surface area (Å²) >= 11 is 0. The van der Waals surface area contributed by atoms with Crippen LogP contribution < -0.4 is 0 Å². The van der Waals surface area contributed by atoms with Crippen LogP contribution in [-0.2, 0) is 33.3 Å². The van der Waals surface area contributed by atoms with Gasteiger partial charge in [0.2, 0.25) is 0 Å². The van der Waals surface area contributed by atoms with E-state index in [1.807, 2.05) is 19.1 Å². The number of fused-ring (bicyclic) bond motifs is 3. The molecule has 42 heavy (non-hydrogen) atoms. The Morgan fingerprint density at radius 2 is 1.86 bits per heavy atom. The molecule has 0 aromatic carbocycles. The number of allylic oxidation sites excluding steroid dienone is 5. The van der Waals surface area contributed by atoms with Crippen LogP contribution in [0.1, 0.15) is 47.5 Å². The maximum atomic E-state index is 13.6. The Hall–Kier alpha value is -2.44. The van der Waals surface area contributed by atoms with E-state index in [2.05, 4.69) is 19.6 Å². The van der Waals surface area contributed by atoms with Crippen molar-refractivity contribution in [3.05, 3.63) is 60.3 Å². The predicted octanol–water partition coefficient (Wildman–Crippen LogP) is 2.19. The molecule has 10 heteroatoms. The van der Waals surface area contributed by atoms with Crippen LogP contribution in [0.3, 0.4) is 0 Å². The van der Waals surface area contributed by atoms with Gasteiger partial charge in [0.25, 0.3) is 0 Å². The second kappa shape index (κ2) is 9.53. The van der Waals surface area contributed by atoms with E-state index in [1.54, 1.807) is 38.2 Å². The third kappa shape index (κ3) is 3.45. The molecule has 10 nitrogen and oxygen atoms in total. The third-order valence-electron chi connectivity index (χ3n) is 10.3. The Balaban J connectivity index is 1.57. The SMILES string of the molecule is C=C(C)[C@]12O[C@@]3(/C=C/C=C/C=C\CCC)O[C@@H]1[C@@H]1[C@@H]4O[C@]4(CO)[C@@H](O)[C@]4(O)C(=O)C(C)=C[C@H]4[C@@]1(O3)[C@H](C)[C@H]2OC(C)=O. The number of hydrogen-bond acceptors (Lipinski definition) is 10. The van der Waals surface area contributed by atoms with Gasteiger partial charge in [0, 0.05) is 30.8 Å². The van der Waals surface area contributed by atoms with E-state index < -0.39 is 88.9 Å². The molecule has 3 heterocycles. The Bertz CT molecular complexity index is 1330. The monoisotopic (exact) mass is 584 g/mol. The van der Waals surface area contributed by atoms with Gasteiger partial charge in [0.15, 0.2) is 17.0 Å². The first kappa shape index (κ1) is 29.6. The van der Waals surface area contributed by atoms with Gasteiger partial charge in [-0.2, -0.15) is 0 Å². The molecule has 6 rings (SSSR count). The molecule has 5 fully saturated rings. The Labute approximate surface area is 245 Å². The van der Waals surface area contributed by atoms with E-state index in [0.29, 0.717) is 5.57 Å². The van der Waals surface area contributed by atoms with Gasteiger partial charge in [0.05, 0.1) is 12.2 Å².